The van der Waals surface area contributed by atoms with E-state index in [0.29, 0.717) is 16.4 Å². The largest absolute Gasteiger partial charge is 0.352 e. The minimum atomic E-state index is 0.0762. The van der Waals surface area contributed by atoms with Gasteiger partial charge in [-0.25, -0.2) is 4.98 Å². The average Bonchev–Trinajstić information content (AvgIpc) is 2.45. The maximum atomic E-state index is 11.1. The van der Waals surface area contributed by atoms with Gasteiger partial charge in [0.05, 0.1) is 11.6 Å². The Labute approximate surface area is 117 Å². The predicted octanol–water partition coefficient (Wildman–Crippen LogP) is 3.74. The maximum absolute atomic E-state index is 11.1. The number of rotatable bonds is 4. The highest BCUT2D eigenvalue weighted by Crippen LogP contribution is 2.26. The van der Waals surface area contributed by atoms with Gasteiger partial charge in [0.2, 0.25) is 0 Å². The van der Waals surface area contributed by atoms with Crippen LogP contribution >= 0.6 is 11.6 Å². The molecule has 0 amide bonds. The number of hydrogen-bond acceptors (Lipinski definition) is 3. The van der Waals surface area contributed by atoms with Crippen molar-refractivity contribution >= 4 is 23.7 Å². The molecule has 0 saturated carbocycles. The standard InChI is InChI=1S/C15H15ClN2O/c1-11(12-5-3-7-14(16)9-12)18(2)15-13(10-19)6-4-8-17-15/h3-11H,1-2H3. The number of hydrogen-bond donors (Lipinski definition) is 0. The zero-order valence-electron chi connectivity index (χ0n) is 10.9. The monoisotopic (exact) mass is 274 g/mol. The number of aromatic nitrogens is 1. The number of anilines is 1. The van der Waals surface area contributed by atoms with E-state index in [0.717, 1.165) is 11.8 Å². The average molecular weight is 275 g/mol. The fraction of sp³-hybridized carbons (Fsp3) is 0.200. The smallest absolute Gasteiger partial charge is 0.153 e. The summed E-state index contributed by atoms with van der Waals surface area (Å²) in [7, 11) is 1.92. The van der Waals surface area contributed by atoms with Crippen molar-refractivity contribution in [3.8, 4) is 0 Å². The van der Waals surface area contributed by atoms with Gasteiger partial charge in [0.15, 0.2) is 6.29 Å². The van der Waals surface area contributed by atoms with Crippen LogP contribution in [0, 0.1) is 0 Å². The fourth-order valence-electron chi connectivity index (χ4n) is 1.97. The summed E-state index contributed by atoms with van der Waals surface area (Å²) >= 11 is 6.01. The molecule has 4 heteroatoms. The van der Waals surface area contributed by atoms with Crippen molar-refractivity contribution in [3.63, 3.8) is 0 Å². The first-order valence-corrected chi connectivity index (χ1v) is 6.39. The van der Waals surface area contributed by atoms with E-state index in [1.54, 1.807) is 18.3 Å². The zero-order valence-corrected chi connectivity index (χ0v) is 11.6. The minimum Gasteiger partial charge on any atom is -0.352 e. The van der Waals surface area contributed by atoms with Crippen LogP contribution in [-0.4, -0.2) is 18.3 Å². The second-order valence-electron chi connectivity index (χ2n) is 4.38. The molecule has 0 aliphatic rings. The van der Waals surface area contributed by atoms with Crippen molar-refractivity contribution in [2.24, 2.45) is 0 Å². The normalized spacial score (nSPS) is 11.9. The molecule has 0 fully saturated rings. The van der Waals surface area contributed by atoms with Crippen molar-refractivity contribution in [2.75, 3.05) is 11.9 Å². The van der Waals surface area contributed by atoms with Gasteiger partial charge < -0.3 is 4.90 Å². The Hall–Kier alpha value is -1.87. The second kappa shape index (κ2) is 5.85. The van der Waals surface area contributed by atoms with Gasteiger partial charge in [0.1, 0.15) is 5.82 Å². The number of benzene rings is 1. The molecule has 0 radical (unpaired) electrons. The van der Waals surface area contributed by atoms with Gasteiger partial charge in [0.25, 0.3) is 0 Å². The number of nitrogens with zero attached hydrogens (tertiary/aromatic N) is 2. The van der Waals surface area contributed by atoms with Crippen LogP contribution in [-0.2, 0) is 0 Å². The molecule has 2 aromatic rings. The third-order valence-corrected chi connectivity index (χ3v) is 3.43. The van der Waals surface area contributed by atoms with E-state index in [1.165, 1.54) is 0 Å². The summed E-state index contributed by atoms with van der Waals surface area (Å²) in [5.41, 5.74) is 1.66. The summed E-state index contributed by atoms with van der Waals surface area (Å²) in [5.74, 6) is 0.671. The van der Waals surface area contributed by atoms with Gasteiger partial charge in [-0.05, 0) is 36.8 Å². The molecule has 0 saturated heterocycles. The summed E-state index contributed by atoms with van der Waals surface area (Å²) in [6.07, 6.45) is 2.51. The van der Waals surface area contributed by atoms with Crippen LogP contribution in [0.1, 0.15) is 28.9 Å². The Morgan fingerprint density at radius 1 is 1.32 bits per heavy atom. The maximum Gasteiger partial charge on any atom is 0.153 e. The van der Waals surface area contributed by atoms with Crippen LogP contribution < -0.4 is 4.90 Å². The van der Waals surface area contributed by atoms with Crippen LogP contribution in [0.2, 0.25) is 5.02 Å². The summed E-state index contributed by atoms with van der Waals surface area (Å²) in [5, 5.41) is 0.703. The molecule has 1 heterocycles. The molecule has 1 aromatic carbocycles. The van der Waals surface area contributed by atoms with E-state index < -0.39 is 0 Å². The van der Waals surface area contributed by atoms with Crippen LogP contribution in [0.15, 0.2) is 42.6 Å². The highest BCUT2D eigenvalue weighted by atomic mass is 35.5. The van der Waals surface area contributed by atoms with Crippen molar-refractivity contribution < 1.29 is 4.79 Å². The molecule has 0 bridgehead atoms. The van der Waals surface area contributed by atoms with Gasteiger partial charge in [-0.3, -0.25) is 4.79 Å². The lowest BCUT2D eigenvalue weighted by molar-refractivity contribution is 0.112. The highest BCUT2D eigenvalue weighted by molar-refractivity contribution is 6.30. The molecule has 98 valence electrons. The van der Waals surface area contributed by atoms with Crippen LogP contribution in [0.4, 0.5) is 5.82 Å². The van der Waals surface area contributed by atoms with E-state index in [9.17, 15) is 4.79 Å². The molecule has 0 aliphatic heterocycles. The van der Waals surface area contributed by atoms with Crippen molar-refractivity contribution in [1.29, 1.82) is 0 Å². The summed E-state index contributed by atoms with van der Waals surface area (Å²) < 4.78 is 0. The number of carbonyl (C=O) groups excluding carboxylic acids is 1. The quantitative estimate of drug-likeness (QED) is 0.796. The molecule has 0 aliphatic carbocycles. The summed E-state index contributed by atoms with van der Waals surface area (Å²) in [4.78, 5) is 17.3. The first-order valence-electron chi connectivity index (χ1n) is 6.02. The Morgan fingerprint density at radius 3 is 2.79 bits per heavy atom. The SMILES string of the molecule is CC(c1cccc(Cl)c1)N(C)c1ncccc1C=O. The van der Waals surface area contributed by atoms with E-state index >= 15 is 0 Å². The van der Waals surface area contributed by atoms with E-state index in [-0.39, 0.29) is 6.04 Å². The van der Waals surface area contributed by atoms with Crippen molar-refractivity contribution in [3.05, 3.63) is 58.7 Å². The van der Waals surface area contributed by atoms with E-state index in [1.807, 2.05) is 36.2 Å². The summed E-state index contributed by atoms with van der Waals surface area (Å²) in [6.45, 7) is 2.05. The predicted molar refractivity (Wildman–Crippen MR) is 77.9 cm³/mol. The first-order chi connectivity index (χ1) is 9.13. The third kappa shape index (κ3) is 2.93. The Morgan fingerprint density at radius 2 is 2.11 bits per heavy atom. The van der Waals surface area contributed by atoms with E-state index in [4.69, 9.17) is 11.6 Å². The van der Waals surface area contributed by atoms with Gasteiger partial charge in [0, 0.05) is 18.3 Å². The van der Waals surface area contributed by atoms with Crippen molar-refractivity contribution in [2.45, 2.75) is 13.0 Å². The molecule has 1 atom stereocenters. The Kier molecular flexibility index (Phi) is 4.17. The molecule has 19 heavy (non-hydrogen) atoms. The second-order valence-corrected chi connectivity index (χ2v) is 4.81. The third-order valence-electron chi connectivity index (χ3n) is 3.19. The number of aldehydes is 1. The molecule has 0 N–H and O–H groups in total. The van der Waals surface area contributed by atoms with Gasteiger partial charge >= 0.3 is 0 Å². The molecule has 3 nitrogen and oxygen atoms in total. The number of pyridine rings is 1. The first kappa shape index (κ1) is 13.6. The molecule has 2 rings (SSSR count). The number of carbonyl (C=O) groups is 1. The molecule has 1 unspecified atom stereocenters. The van der Waals surface area contributed by atoms with E-state index in [2.05, 4.69) is 11.9 Å². The van der Waals surface area contributed by atoms with Crippen LogP contribution in [0.3, 0.4) is 0 Å². The lowest BCUT2D eigenvalue weighted by Gasteiger charge is -2.27. The fourth-order valence-corrected chi connectivity index (χ4v) is 2.17. The lowest BCUT2D eigenvalue weighted by atomic mass is 10.1. The lowest BCUT2D eigenvalue weighted by Crippen LogP contribution is -2.23. The minimum absolute atomic E-state index is 0.0762. The number of halogens is 1. The molecule has 1 aromatic heterocycles. The van der Waals surface area contributed by atoms with Crippen LogP contribution in [0.5, 0.6) is 0 Å². The Balaban J connectivity index is 2.33. The molecular weight excluding hydrogens is 260 g/mol. The zero-order chi connectivity index (χ0) is 13.8. The molecule has 0 spiro atoms. The van der Waals surface area contributed by atoms with Crippen molar-refractivity contribution in [1.82, 2.24) is 4.98 Å². The van der Waals surface area contributed by atoms with Gasteiger partial charge in [-0.2, -0.15) is 0 Å². The Bertz CT molecular complexity index is 586. The van der Waals surface area contributed by atoms with Gasteiger partial charge in [-0.15, -0.1) is 0 Å². The van der Waals surface area contributed by atoms with Gasteiger partial charge in [-0.1, -0.05) is 23.7 Å². The highest BCUT2D eigenvalue weighted by Gasteiger charge is 2.16. The summed E-state index contributed by atoms with van der Waals surface area (Å²) in [6, 6.07) is 11.3. The molecular formula is C15H15ClN2O. The van der Waals surface area contributed by atoms with Crippen LogP contribution in [0.25, 0.3) is 0 Å². The topological polar surface area (TPSA) is 33.2 Å².